The van der Waals surface area contributed by atoms with E-state index < -0.39 is 0 Å². The van der Waals surface area contributed by atoms with Crippen molar-refractivity contribution in [1.29, 1.82) is 0 Å². The predicted octanol–water partition coefficient (Wildman–Crippen LogP) is 3.98. The fourth-order valence-corrected chi connectivity index (χ4v) is 2.59. The molecule has 0 amide bonds. The Labute approximate surface area is 123 Å². The number of likely N-dealkylation sites (N-methyl/N-ethyl adjacent to an activating group) is 1. The van der Waals surface area contributed by atoms with Crippen molar-refractivity contribution in [2.75, 3.05) is 18.0 Å². The molecule has 2 aromatic carbocycles. The molecule has 0 fully saturated rings. The largest absolute Gasteiger partial charge is 0.363 e. The number of benzene rings is 2. The maximum atomic E-state index is 6.00. The number of rotatable bonds is 5. The molecule has 0 bridgehead atoms. The highest BCUT2D eigenvalue weighted by Gasteiger charge is 2.17. The molecule has 2 rings (SSSR count). The van der Waals surface area contributed by atoms with Crippen molar-refractivity contribution < 1.29 is 0 Å². The summed E-state index contributed by atoms with van der Waals surface area (Å²) in [4.78, 5) is 2.34. The highest BCUT2D eigenvalue weighted by Crippen LogP contribution is 2.27. The molecule has 0 aromatic heterocycles. The monoisotopic (exact) mass is 318 g/mol. The van der Waals surface area contributed by atoms with Crippen LogP contribution in [-0.4, -0.2) is 13.1 Å². The van der Waals surface area contributed by atoms with Crippen molar-refractivity contribution >= 4 is 21.6 Å². The van der Waals surface area contributed by atoms with Crippen LogP contribution >= 0.6 is 15.9 Å². The number of anilines is 1. The minimum Gasteiger partial charge on any atom is -0.363 e. The van der Waals surface area contributed by atoms with Gasteiger partial charge in [0.15, 0.2) is 0 Å². The Hall–Kier alpha value is -1.32. The van der Waals surface area contributed by atoms with Gasteiger partial charge in [-0.1, -0.05) is 46.3 Å². The van der Waals surface area contributed by atoms with Gasteiger partial charge in [0.1, 0.15) is 0 Å². The molecule has 1 atom stereocenters. The second kappa shape index (κ2) is 6.73. The summed E-state index contributed by atoms with van der Waals surface area (Å²) < 4.78 is 1.09. The van der Waals surface area contributed by atoms with Crippen LogP contribution in [0.5, 0.6) is 0 Å². The zero-order valence-corrected chi connectivity index (χ0v) is 12.7. The second-order valence-electron chi connectivity index (χ2n) is 4.42. The van der Waals surface area contributed by atoms with E-state index in [2.05, 4.69) is 76.3 Å². The minimum absolute atomic E-state index is 0.209. The molecule has 2 aromatic rings. The van der Waals surface area contributed by atoms with Gasteiger partial charge < -0.3 is 10.6 Å². The first-order valence-corrected chi connectivity index (χ1v) is 7.32. The molecule has 0 spiro atoms. The molecule has 0 saturated heterocycles. The molecule has 2 nitrogen and oxygen atoms in total. The number of hydrogen-bond donors (Lipinski definition) is 1. The maximum absolute atomic E-state index is 6.00. The lowest BCUT2D eigenvalue weighted by Gasteiger charge is -2.32. The van der Waals surface area contributed by atoms with E-state index in [1.54, 1.807) is 0 Å². The number of nitrogens with zero attached hydrogens (tertiary/aromatic N) is 1. The molecular formula is C16H19BrN2. The molecule has 0 aliphatic rings. The average molecular weight is 319 g/mol. The highest BCUT2D eigenvalue weighted by molar-refractivity contribution is 9.10. The molecule has 19 heavy (non-hydrogen) atoms. The maximum Gasteiger partial charge on any atom is 0.0664 e. The molecule has 0 heterocycles. The predicted molar refractivity (Wildman–Crippen MR) is 85.4 cm³/mol. The first-order valence-electron chi connectivity index (χ1n) is 6.53. The standard InChI is InChI=1S/C16H19BrN2/c1-2-19(15-6-4-3-5-7-15)16(12-18)13-8-10-14(17)11-9-13/h3-11,16H,2,12,18H2,1H3. The van der Waals surface area contributed by atoms with Crippen LogP contribution in [0.3, 0.4) is 0 Å². The van der Waals surface area contributed by atoms with E-state index in [9.17, 15) is 0 Å². The third-order valence-corrected chi connectivity index (χ3v) is 3.81. The lowest BCUT2D eigenvalue weighted by molar-refractivity contribution is 0.643. The molecule has 0 saturated carbocycles. The Morgan fingerprint density at radius 3 is 2.21 bits per heavy atom. The average Bonchev–Trinajstić information content (AvgIpc) is 2.47. The first-order chi connectivity index (χ1) is 9.26. The summed E-state index contributed by atoms with van der Waals surface area (Å²) in [6.45, 7) is 3.70. The van der Waals surface area contributed by atoms with Gasteiger partial charge in [-0.3, -0.25) is 0 Å². The van der Waals surface area contributed by atoms with Crippen LogP contribution in [0.2, 0.25) is 0 Å². The number of para-hydroxylation sites is 1. The fourth-order valence-electron chi connectivity index (χ4n) is 2.33. The molecule has 100 valence electrons. The van der Waals surface area contributed by atoms with E-state index in [4.69, 9.17) is 5.73 Å². The number of halogens is 1. The van der Waals surface area contributed by atoms with Crippen LogP contribution in [0, 0.1) is 0 Å². The summed E-state index contributed by atoms with van der Waals surface area (Å²) in [6.07, 6.45) is 0. The van der Waals surface area contributed by atoms with Gasteiger partial charge in [0, 0.05) is 23.2 Å². The SMILES string of the molecule is CCN(c1ccccc1)C(CN)c1ccc(Br)cc1. The van der Waals surface area contributed by atoms with Gasteiger partial charge in [0.25, 0.3) is 0 Å². The molecular weight excluding hydrogens is 300 g/mol. The minimum atomic E-state index is 0.209. The Morgan fingerprint density at radius 2 is 1.68 bits per heavy atom. The highest BCUT2D eigenvalue weighted by atomic mass is 79.9. The molecule has 3 heteroatoms. The lowest BCUT2D eigenvalue weighted by Crippen LogP contribution is -2.33. The van der Waals surface area contributed by atoms with E-state index in [1.165, 1.54) is 11.3 Å². The van der Waals surface area contributed by atoms with Crippen LogP contribution in [0.4, 0.5) is 5.69 Å². The zero-order valence-electron chi connectivity index (χ0n) is 11.1. The molecule has 1 unspecified atom stereocenters. The van der Waals surface area contributed by atoms with Crippen molar-refractivity contribution in [3.8, 4) is 0 Å². The third-order valence-electron chi connectivity index (χ3n) is 3.28. The van der Waals surface area contributed by atoms with Crippen molar-refractivity contribution in [1.82, 2.24) is 0 Å². The number of hydrogen-bond acceptors (Lipinski definition) is 2. The van der Waals surface area contributed by atoms with E-state index in [0.29, 0.717) is 6.54 Å². The van der Waals surface area contributed by atoms with Gasteiger partial charge in [-0.25, -0.2) is 0 Å². The van der Waals surface area contributed by atoms with Crippen LogP contribution in [0.25, 0.3) is 0 Å². The van der Waals surface area contributed by atoms with Gasteiger partial charge in [0.05, 0.1) is 6.04 Å². The van der Waals surface area contributed by atoms with Crippen LogP contribution < -0.4 is 10.6 Å². The van der Waals surface area contributed by atoms with Gasteiger partial charge in [-0.05, 0) is 36.8 Å². The molecule has 2 N–H and O–H groups in total. The zero-order chi connectivity index (χ0) is 13.7. The van der Waals surface area contributed by atoms with Gasteiger partial charge in [-0.15, -0.1) is 0 Å². The summed E-state index contributed by atoms with van der Waals surface area (Å²) >= 11 is 3.47. The van der Waals surface area contributed by atoms with E-state index in [1.807, 2.05) is 6.07 Å². The summed E-state index contributed by atoms with van der Waals surface area (Å²) in [5.74, 6) is 0. The van der Waals surface area contributed by atoms with E-state index in [-0.39, 0.29) is 6.04 Å². The lowest BCUT2D eigenvalue weighted by atomic mass is 10.0. The van der Waals surface area contributed by atoms with Gasteiger partial charge in [-0.2, -0.15) is 0 Å². The van der Waals surface area contributed by atoms with Crippen LogP contribution in [-0.2, 0) is 0 Å². The molecule has 0 aliphatic carbocycles. The van der Waals surface area contributed by atoms with Gasteiger partial charge >= 0.3 is 0 Å². The quantitative estimate of drug-likeness (QED) is 0.903. The van der Waals surface area contributed by atoms with E-state index >= 15 is 0 Å². The van der Waals surface area contributed by atoms with Crippen LogP contribution in [0.15, 0.2) is 59.1 Å². The third kappa shape index (κ3) is 3.37. The number of nitrogens with two attached hydrogens (primary N) is 1. The van der Waals surface area contributed by atoms with Crippen molar-refractivity contribution in [2.45, 2.75) is 13.0 Å². The Morgan fingerprint density at radius 1 is 1.05 bits per heavy atom. The Kier molecular flexibility index (Phi) is 5.00. The fraction of sp³-hybridized carbons (Fsp3) is 0.250. The smallest absolute Gasteiger partial charge is 0.0664 e. The summed E-state index contributed by atoms with van der Waals surface area (Å²) in [5.41, 5.74) is 8.46. The topological polar surface area (TPSA) is 29.3 Å². The van der Waals surface area contributed by atoms with Crippen molar-refractivity contribution in [3.05, 3.63) is 64.6 Å². The first kappa shape index (κ1) is 14.1. The summed E-state index contributed by atoms with van der Waals surface area (Å²) in [5, 5.41) is 0. The molecule has 0 aliphatic heterocycles. The van der Waals surface area contributed by atoms with Crippen molar-refractivity contribution in [3.63, 3.8) is 0 Å². The summed E-state index contributed by atoms with van der Waals surface area (Å²) in [6, 6.07) is 19.0. The normalized spacial score (nSPS) is 12.2. The van der Waals surface area contributed by atoms with Gasteiger partial charge in [0.2, 0.25) is 0 Å². The molecule has 0 radical (unpaired) electrons. The van der Waals surface area contributed by atoms with Crippen molar-refractivity contribution in [2.24, 2.45) is 5.73 Å². The Balaban J connectivity index is 2.31. The van der Waals surface area contributed by atoms with Crippen LogP contribution in [0.1, 0.15) is 18.5 Å². The second-order valence-corrected chi connectivity index (χ2v) is 5.34. The van der Waals surface area contributed by atoms with E-state index in [0.717, 1.165) is 11.0 Å². The summed E-state index contributed by atoms with van der Waals surface area (Å²) in [7, 11) is 0. The Bertz CT molecular complexity index is 496.